The Hall–Kier alpha value is -4.33. The standard InChI is InChI=1S/C37H46F3N7O4/c1-44-13-6-25(7-14-44)26-8-15-45(16-9-26)34(48)32(22-24-20-28-23-41-43-33(28)30(21-24)37(38,39)40)51-36(50)46-17-11-29(12-18-46)47-19-10-27-4-2-3-5-31(27)42-35(47)49/h2-5,20-21,23,25-26,29,32H,6-19,22H2,1H3,(H,41,43)(H,42,49)/t32-/m1/s1. The van der Waals surface area contributed by atoms with Gasteiger partial charge in [0.05, 0.1) is 17.3 Å². The Morgan fingerprint density at radius 2 is 1.59 bits per heavy atom. The lowest BCUT2D eigenvalue weighted by Crippen LogP contribution is -2.52. The number of fused-ring (bicyclic) bond motifs is 2. The zero-order valence-corrected chi connectivity index (χ0v) is 29.0. The molecule has 1 atom stereocenters. The lowest BCUT2D eigenvalue weighted by Gasteiger charge is -2.40. The third-order valence-corrected chi connectivity index (χ3v) is 11.4. The smallest absolute Gasteiger partial charge is 0.418 e. The van der Waals surface area contributed by atoms with Crippen LogP contribution in [0.15, 0.2) is 42.6 Å². The van der Waals surface area contributed by atoms with Gasteiger partial charge in [-0.05, 0) is 106 Å². The van der Waals surface area contributed by atoms with Crippen molar-refractivity contribution in [2.75, 3.05) is 58.2 Å². The number of carbonyl (C=O) groups excluding carboxylic acids is 3. The molecule has 5 heterocycles. The van der Waals surface area contributed by atoms with E-state index in [-0.39, 0.29) is 40.9 Å². The quantitative estimate of drug-likeness (QED) is 0.337. The highest BCUT2D eigenvalue weighted by Crippen LogP contribution is 2.36. The summed E-state index contributed by atoms with van der Waals surface area (Å²) in [4.78, 5) is 48.3. The number of para-hydroxylation sites is 1. The normalized spacial score (nSPS) is 20.9. The second-order valence-electron chi connectivity index (χ2n) is 14.6. The first kappa shape index (κ1) is 35.1. The summed E-state index contributed by atoms with van der Waals surface area (Å²) in [6, 6.07) is 10.1. The van der Waals surface area contributed by atoms with E-state index in [0.717, 1.165) is 62.5 Å². The van der Waals surface area contributed by atoms with E-state index in [0.29, 0.717) is 57.4 Å². The van der Waals surface area contributed by atoms with Gasteiger partial charge in [0.15, 0.2) is 6.10 Å². The molecule has 4 aliphatic rings. The number of alkyl halides is 3. The number of hydrogen-bond acceptors (Lipinski definition) is 6. The molecule has 0 aliphatic carbocycles. The average molecular weight is 710 g/mol. The number of likely N-dealkylation sites (tertiary alicyclic amines) is 3. The van der Waals surface area contributed by atoms with Gasteiger partial charge in [0, 0.05) is 56.3 Å². The number of carbonyl (C=O) groups is 3. The second-order valence-corrected chi connectivity index (χ2v) is 14.6. The summed E-state index contributed by atoms with van der Waals surface area (Å²) in [6.07, 6.45) is 0.262. The molecule has 274 valence electrons. The summed E-state index contributed by atoms with van der Waals surface area (Å²) in [5.41, 5.74) is 1.10. The topological polar surface area (TPSA) is 114 Å². The summed E-state index contributed by atoms with van der Waals surface area (Å²) in [7, 11) is 2.14. The molecule has 1 aromatic heterocycles. The van der Waals surface area contributed by atoms with Gasteiger partial charge in [-0.25, -0.2) is 9.59 Å². The molecule has 11 nitrogen and oxygen atoms in total. The molecule has 3 fully saturated rings. The molecular formula is C37H46F3N7O4. The third-order valence-electron chi connectivity index (χ3n) is 11.4. The molecule has 2 aromatic carbocycles. The predicted octanol–water partition coefficient (Wildman–Crippen LogP) is 5.76. The van der Waals surface area contributed by atoms with Crippen molar-refractivity contribution >= 4 is 34.6 Å². The fourth-order valence-electron chi connectivity index (χ4n) is 8.44. The monoisotopic (exact) mass is 709 g/mol. The summed E-state index contributed by atoms with van der Waals surface area (Å²) < 4.78 is 48.1. The molecule has 0 bridgehead atoms. The van der Waals surface area contributed by atoms with Crippen LogP contribution in [0.5, 0.6) is 0 Å². The van der Waals surface area contributed by atoms with Crippen molar-refractivity contribution in [3.8, 4) is 0 Å². The SMILES string of the molecule is CN1CCC(C2CCN(C(=O)[C@@H](Cc3cc(C(F)(F)F)c4[nH]ncc4c3)OC(=O)N3CCC(N4CCc5ccccc5NC4=O)CC3)CC2)CC1. The molecule has 7 rings (SSSR count). The molecule has 4 aliphatic heterocycles. The van der Waals surface area contributed by atoms with Crippen LogP contribution in [0.25, 0.3) is 10.9 Å². The number of nitrogens with zero attached hydrogens (tertiary/aromatic N) is 5. The van der Waals surface area contributed by atoms with Crippen LogP contribution >= 0.6 is 0 Å². The minimum atomic E-state index is -4.65. The number of ether oxygens (including phenoxy) is 1. The third kappa shape index (κ3) is 7.80. The number of H-pyrrole nitrogens is 1. The molecule has 3 saturated heterocycles. The molecule has 4 amide bonds. The van der Waals surface area contributed by atoms with E-state index in [9.17, 15) is 27.6 Å². The number of aromatic nitrogens is 2. The van der Waals surface area contributed by atoms with E-state index in [4.69, 9.17) is 4.74 Å². The van der Waals surface area contributed by atoms with Crippen molar-refractivity contribution in [1.82, 2.24) is 29.8 Å². The highest BCUT2D eigenvalue weighted by atomic mass is 19.4. The number of rotatable bonds is 6. The van der Waals surface area contributed by atoms with Gasteiger partial charge < -0.3 is 29.7 Å². The predicted molar refractivity (Wildman–Crippen MR) is 185 cm³/mol. The molecule has 0 unspecified atom stereocenters. The van der Waals surface area contributed by atoms with Crippen LogP contribution in [-0.4, -0.2) is 113 Å². The van der Waals surface area contributed by atoms with Gasteiger partial charge in [-0.3, -0.25) is 9.89 Å². The Labute approximate surface area is 295 Å². The fourth-order valence-corrected chi connectivity index (χ4v) is 8.44. The maximum Gasteiger partial charge on any atom is 0.418 e. The van der Waals surface area contributed by atoms with Crippen molar-refractivity contribution in [2.45, 2.75) is 69.7 Å². The van der Waals surface area contributed by atoms with Gasteiger partial charge in [0.1, 0.15) is 0 Å². The number of nitrogens with one attached hydrogen (secondary N) is 2. The number of benzene rings is 2. The minimum absolute atomic E-state index is 0.0749. The van der Waals surface area contributed by atoms with Crippen molar-refractivity contribution in [1.29, 1.82) is 0 Å². The molecule has 0 saturated carbocycles. The van der Waals surface area contributed by atoms with Gasteiger partial charge in [0.25, 0.3) is 5.91 Å². The van der Waals surface area contributed by atoms with Crippen LogP contribution in [0.1, 0.15) is 55.2 Å². The van der Waals surface area contributed by atoms with Crippen LogP contribution < -0.4 is 5.32 Å². The first-order valence-electron chi connectivity index (χ1n) is 18.1. The van der Waals surface area contributed by atoms with Crippen molar-refractivity contribution in [3.05, 3.63) is 59.3 Å². The summed E-state index contributed by atoms with van der Waals surface area (Å²) in [5, 5.41) is 9.50. The van der Waals surface area contributed by atoms with Crippen molar-refractivity contribution in [2.24, 2.45) is 11.8 Å². The van der Waals surface area contributed by atoms with Crippen LogP contribution in [0.4, 0.5) is 28.4 Å². The van der Waals surface area contributed by atoms with Gasteiger partial charge >= 0.3 is 18.3 Å². The largest absolute Gasteiger partial charge is 0.436 e. The zero-order chi connectivity index (χ0) is 35.7. The van der Waals surface area contributed by atoms with Crippen molar-refractivity contribution in [3.63, 3.8) is 0 Å². The van der Waals surface area contributed by atoms with Crippen molar-refractivity contribution < 1.29 is 32.3 Å². The lowest BCUT2D eigenvalue weighted by atomic mass is 9.79. The van der Waals surface area contributed by atoms with E-state index in [1.165, 1.54) is 11.1 Å². The average Bonchev–Trinajstić information content (AvgIpc) is 3.53. The summed E-state index contributed by atoms with van der Waals surface area (Å²) >= 11 is 0. The molecule has 51 heavy (non-hydrogen) atoms. The Kier molecular flexibility index (Phi) is 10.1. The first-order chi connectivity index (χ1) is 24.5. The number of aromatic amines is 1. The van der Waals surface area contributed by atoms with E-state index in [1.54, 1.807) is 11.0 Å². The highest BCUT2D eigenvalue weighted by Gasteiger charge is 2.38. The van der Waals surface area contributed by atoms with Crippen LogP contribution in [-0.2, 0) is 28.5 Å². The Bertz CT molecular complexity index is 1720. The van der Waals surface area contributed by atoms with Crippen LogP contribution in [0.3, 0.4) is 0 Å². The number of hydrogen-bond donors (Lipinski definition) is 2. The molecule has 0 radical (unpaired) electrons. The van der Waals surface area contributed by atoms with Gasteiger partial charge in [-0.2, -0.15) is 18.3 Å². The van der Waals surface area contributed by atoms with Gasteiger partial charge in [-0.15, -0.1) is 0 Å². The molecular weight excluding hydrogens is 663 g/mol. The Morgan fingerprint density at radius 1 is 0.922 bits per heavy atom. The number of piperidine rings is 3. The first-order valence-corrected chi connectivity index (χ1v) is 18.1. The summed E-state index contributed by atoms with van der Waals surface area (Å²) in [6.45, 7) is 4.38. The van der Waals surface area contributed by atoms with Gasteiger partial charge in [0.2, 0.25) is 0 Å². The number of anilines is 1. The summed E-state index contributed by atoms with van der Waals surface area (Å²) in [5.74, 6) is 0.748. The lowest BCUT2D eigenvalue weighted by molar-refractivity contribution is -0.142. The second kappa shape index (κ2) is 14.7. The van der Waals surface area contributed by atoms with E-state index >= 15 is 0 Å². The Morgan fingerprint density at radius 3 is 2.29 bits per heavy atom. The Balaban J connectivity index is 1.03. The van der Waals surface area contributed by atoms with E-state index < -0.39 is 23.9 Å². The van der Waals surface area contributed by atoms with E-state index in [2.05, 4.69) is 27.5 Å². The number of amides is 4. The molecule has 0 spiro atoms. The highest BCUT2D eigenvalue weighted by molar-refractivity contribution is 5.91. The van der Waals surface area contributed by atoms with Crippen LogP contribution in [0, 0.1) is 11.8 Å². The van der Waals surface area contributed by atoms with E-state index in [1.807, 2.05) is 29.2 Å². The zero-order valence-electron chi connectivity index (χ0n) is 29.0. The molecule has 2 N–H and O–H groups in total. The molecule has 14 heteroatoms. The number of urea groups is 1. The number of halogens is 3. The van der Waals surface area contributed by atoms with Gasteiger partial charge in [-0.1, -0.05) is 18.2 Å². The maximum atomic E-state index is 14.1. The maximum absolute atomic E-state index is 14.1. The fraction of sp³-hybridized carbons (Fsp3) is 0.568. The molecule has 3 aromatic rings. The van der Waals surface area contributed by atoms with Crippen LogP contribution in [0.2, 0.25) is 0 Å². The minimum Gasteiger partial charge on any atom is -0.436 e.